The van der Waals surface area contributed by atoms with Crippen molar-refractivity contribution < 1.29 is 0 Å². The Morgan fingerprint density at radius 1 is 1.40 bits per heavy atom. The van der Waals surface area contributed by atoms with Gasteiger partial charge in [-0.2, -0.15) is 5.10 Å². The molecule has 1 aromatic heterocycles. The minimum absolute atomic E-state index is 0.446. The summed E-state index contributed by atoms with van der Waals surface area (Å²) in [5.74, 6) is 0. The Labute approximate surface area is 123 Å². The number of hydrogen-bond acceptors (Lipinski definition) is 3. The Bertz CT molecular complexity index is 399. The van der Waals surface area contributed by atoms with E-state index in [0.29, 0.717) is 18.1 Å². The van der Waals surface area contributed by atoms with E-state index in [0.717, 1.165) is 19.6 Å². The zero-order chi connectivity index (χ0) is 14.5. The lowest BCUT2D eigenvalue weighted by molar-refractivity contribution is 0.114. The van der Waals surface area contributed by atoms with Gasteiger partial charge in [0.05, 0.1) is 5.69 Å². The van der Waals surface area contributed by atoms with E-state index in [1.807, 2.05) is 0 Å². The van der Waals surface area contributed by atoms with Crippen LogP contribution in [0.3, 0.4) is 0 Å². The van der Waals surface area contributed by atoms with Crippen LogP contribution in [0.25, 0.3) is 0 Å². The van der Waals surface area contributed by atoms with E-state index < -0.39 is 0 Å². The maximum absolute atomic E-state index is 4.70. The van der Waals surface area contributed by atoms with E-state index in [1.54, 1.807) is 0 Å². The maximum Gasteiger partial charge on any atom is 0.0765 e. The average Bonchev–Trinajstić information content (AvgIpc) is 2.88. The summed E-state index contributed by atoms with van der Waals surface area (Å²) in [7, 11) is 0. The van der Waals surface area contributed by atoms with Crippen LogP contribution in [0.4, 0.5) is 0 Å². The lowest BCUT2D eigenvalue weighted by Crippen LogP contribution is -2.55. The van der Waals surface area contributed by atoms with Crippen LogP contribution in [0.5, 0.6) is 0 Å². The van der Waals surface area contributed by atoms with Crippen molar-refractivity contribution >= 4 is 0 Å². The largest absolute Gasteiger partial charge is 0.311 e. The molecule has 1 saturated heterocycles. The summed E-state index contributed by atoms with van der Waals surface area (Å²) in [4.78, 5) is 2.61. The van der Waals surface area contributed by atoms with Crippen LogP contribution >= 0.6 is 0 Å². The van der Waals surface area contributed by atoms with Crippen LogP contribution in [0, 0.1) is 0 Å². The second-order valence-electron chi connectivity index (χ2n) is 6.27. The molecule has 0 bridgehead atoms. The smallest absolute Gasteiger partial charge is 0.0765 e. The molecule has 20 heavy (non-hydrogen) atoms. The summed E-state index contributed by atoms with van der Waals surface area (Å²) < 4.78 is 2.06. The zero-order valence-corrected chi connectivity index (χ0v) is 13.5. The van der Waals surface area contributed by atoms with Gasteiger partial charge in [0.1, 0.15) is 0 Å². The second kappa shape index (κ2) is 7.23. The van der Waals surface area contributed by atoms with E-state index in [9.17, 15) is 0 Å². The normalized spacial score (nSPS) is 24.4. The number of nitrogens with zero attached hydrogens (tertiary/aromatic N) is 3. The number of piperazine rings is 1. The molecule has 2 rings (SSSR count). The van der Waals surface area contributed by atoms with Gasteiger partial charge in [0.2, 0.25) is 0 Å². The lowest BCUT2D eigenvalue weighted by Gasteiger charge is -2.39. The summed E-state index contributed by atoms with van der Waals surface area (Å²) in [6.45, 7) is 12.2. The standard InChI is InChI=1S/C16H30N4/c1-5-7-14-11-19(16(6-2)10-17-14)12-15-8-9-20(18-15)13(3)4/h8-9,13-14,16-17H,5-7,10-12H2,1-4H3. The SMILES string of the molecule is CCCC1CN(Cc2ccn(C(C)C)n2)C(CC)CN1. The van der Waals surface area contributed by atoms with Gasteiger partial charge in [0, 0.05) is 44.0 Å². The molecule has 0 amide bonds. The quantitative estimate of drug-likeness (QED) is 0.868. The Morgan fingerprint density at radius 2 is 2.20 bits per heavy atom. The van der Waals surface area contributed by atoms with Crippen molar-refractivity contribution in [3.8, 4) is 0 Å². The third kappa shape index (κ3) is 3.83. The molecular weight excluding hydrogens is 248 g/mol. The van der Waals surface area contributed by atoms with Crippen molar-refractivity contribution in [1.82, 2.24) is 20.0 Å². The molecule has 2 atom stereocenters. The molecule has 0 aliphatic carbocycles. The average molecular weight is 278 g/mol. The summed E-state index contributed by atoms with van der Waals surface area (Å²) in [6.07, 6.45) is 5.83. The van der Waals surface area contributed by atoms with Gasteiger partial charge in [0.15, 0.2) is 0 Å². The zero-order valence-electron chi connectivity index (χ0n) is 13.5. The van der Waals surface area contributed by atoms with Crippen molar-refractivity contribution in [2.24, 2.45) is 0 Å². The first kappa shape index (κ1) is 15.5. The summed E-state index contributed by atoms with van der Waals surface area (Å²) in [6, 6.07) is 3.91. The predicted octanol–water partition coefficient (Wildman–Crippen LogP) is 2.82. The molecule has 4 heteroatoms. The molecule has 0 saturated carbocycles. The Balaban J connectivity index is 1.99. The summed E-state index contributed by atoms with van der Waals surface area (Å²) >= 11 is 0. The van der Waals surface area contributed by atoms with Gasteiger partial charge < -0.3 is 5.32 Å². The number of nitrogens with one attached hydrogen (secondary N) is 1. The van der Waals surface area contributed by atoms with Gasteiger partial charge in [-0.05, 0) is 32.8 Å². The van der Waals surface area contributed by atoms with E-state index in [1.165, 1.54) is 25.0 Å². The molecule has 1 N–H and O–H groups in total. The molecule has 2 unspecified atom stereocenters. The van der Waals surface area contributed by atoms with E-state index in [4.69, 9.17) is 5.10 Å². The summed E-state index contributed by atoms with van der Waals surface area (Å²) in [5, 5.41) is 8.39. The molecule has 0 radical (unpaired) electrons. The minimum atomic E-state index is 0.446. The fourth-order valence-electron chi connectivity index (χ4n) is 3.02. The molecule has 0 spiro atoms. The minimum Gasteiger partial charge on any atom is -0.311 e. The molecule has 1 aliphatic heterocycles. The molecule has 4 nitrogen and oxygen atoms in total. The van der Waals surface area contributed by atoms with Gasteiger partial charge in [-0.25, -0.2) is 0 Å². The third-order valence-corrected chi connectivity index (χ3v) is 4.28. The lowest BCUT2D eigenvalue weighted by atomic mass is 10.0. The van der Waals surface area contributed by atoms with E-state index in [-0.39, 0.29) is 0 Å². The second-order valence-corrected chi connectivity index (χ2v) is 6.27. The highest BCUT2D eigenvalue weighted by atomic mass is 15.3. The first-order valence-electron chi connectivity index (χ1n) is 8.15. The number of rotatable bonds is 6. The molecule has 1 aromatic rings. The fourth-order valence-corrected chi connectivity index (χ4v) is 3.02. The van der Waals surface area contributed by atoms with Crippen LogP contribution in [-0.2, 0) is 6.54 Å². The highest BCUT2D eigenvalue weighted by Crippen LogP contribution is 2.16. The van der Waals surface area contributed by atoms with Crippen molar-refractivity contribution in [2.75, 3.05) is 13.1 Å². The van der Waals surface area contributed by atoms with E-state index in [2.05, 4.69) is 54.9 Å². The molecule has 1 aliphatic rings. The van der Waals surface area contributed by atoms with Gasteiger partial charge >= 0.3 is 0 Å². The summed E-state index contributed by atoms with van der Waals surface area (Å²) in [5.41, 5.74) is 1.20. The van der Waals surface area contributed by atoms with Crippen molar-refractivity contribution in [3.05, 3.63) is 18.0 Å². The molecule has 0 aromatic carbocycles. The molecule has 114 valence electrons. The molecule has 1 fully saturated rings. The molecule has 2 heterocycles. The van der Waals surface area contributed by atoms with Gasteiger partial charge in [0.25, 0.3) is 0 Å². The maximum atomic E-state index is 4.70. The Hall–Kier alpha value is -0.870. The van der Waals surface area contributed by atoms with Crippen molar-refractivity contribution in [2.45, 2.75) is 71.6 Å². The van der Waals surface area contributed by atoms with Crippen molar-refractivity contribution in [3.63, 3.8) is 0 Å². The third-order valence-electron chi connectivity index (χ3n) is 4.28. The Morgan fingerprint density at radius 3 is 2.80 bits per heavy atom. The van der Waals surface area contributed by atoms with Crippen LogP contribution in [0.15, 0.2) is 12.3 Å². The molecular formula is C16H30N4. The Kier molecular flexibility index (Phi) is 5.61. The fraction of sp³-hybridized carbons (Fsp3) is 0.812. The highest BCUT2D eigenvalue weighted by Gasteiger charge is 2.26. The van der Waals surface area contributed by atoms with Gasteiger partial charge in [-0.1, -0.05) is 20.3 Å². The van der Waals surface area contributed by atoms with Gasteiger partial charge in [-0.15, -0.1) is 0 Å². The van der Waals surface area contributed by atoms with E-state index >= 15 is 0 Å². The number of hydrogen-bond donors (Lipinski definition) is 1. The van der Waals surface area contributed by atoms with Crippen LogP contribution < -0.4 is 5.32 Å². The predicted molar refractivity (Wildman–Crippen MR) is 83.8 cm³/mol. The highest BCUT2D eigenvalue weighted by molar-refractivity contribution is 5.01. The first-order chi connectivity index (χ1) is 9.63. The monoisotopic (exact) mass is 278 g/mol. The van der Waals surface area contributed by atoms with Crippen LogP contribution in [0.2, 0.25) is 0 Å². The van der Waals surface area contributed by atoms with Gasteiger partial charge in [-0.3, -0.25) is 9.58 Å². The first-order valence-corrected chi connectivity index (χ1v) is 8.15. The van der Waals surface area contributed by atoms with Crippen molar-refractivity contribution in [1.29, 1.82) is 0 Å². The topological polar surface area (TPSA) is 33.1 Å². The number of aromatic nitrogens is 2. The van der Waals surface area contributed by atoms with Crippen LogP contribution in [0.1, 0.15) is 58.7 Å². The van der Waals surface area contributed by atoms with Crippen LogP contribution in [-0.4, -0.2) is 39.9 Å².